The van der Waals surface area contributed by atoms with Crippen molar-refractivity contribution in [1.29, 1.82) is 5.26 Å². The molecule has 1 rings (SSSR count). The Morgan fingerprint density at radius 1 is 2.00 bits per heavy atom. The molecule has 3 heteroatoms. The third kappa shape index (κ3) is 0.784. The molecule has 0 aromatic carbocycles. The minimum atomic E-state index is -0.275. The summed E-state index contributed by atoms with van der Waals surface area (Å²) in [7, 11) is 0. The lowest BCUT2D eigenvalue weighted by molar-refractivity contribution is -0.116. The molecule has 1 heterocycles. The summed E-state index contributed by atoms with van der Waals surface area (Å²) in [5.74, 6) is -0.128. The summed E-state index contributed by atoms with van der Waals surface area (Å²) in [5.41, 5.74) is 0. The lowest BCUT2D eigenvalue weighted by Crippen LogP contribution is -2.23. The highest BCUT2D eigenvalue weighted by atomic mass is 16.1. The Hall–Kier alpha value is -1.04. The number of rotatable bonds is 0. The Kier molecular flexibility index (Phi) is 1.17. The highest BCUT2D eigenvalue weighted by Crippen LogP contribution is 2.02. The van der Waals surface area contributed by atoms with Crippen molar-refractivity contribution in [2.24, 2.45) is 0 Å². The molecular weight excluding hydrogens is 104 g/mol. The van der Waals surface area contributed by atoms with Crippen LogP contribution in [0.1, 0.15) is 6.42 Å². The fourth-order valence-electron chi connectivity index (χ4n) is 0.599. The Balaban J connectivity index is 2.47. The molecule has 41 valence electrons. The van der Waals surface area contributed by atoms with Gasteiger partial charge in [-0.05, 0) is 6.42 Å². The minimum absolute atomic E-state index is 0.128. The van der Waals surface area contributed by atoms with E-state index in [4.69, 9.17) is 5.26 Å². The molecule has 0 aromatic rings. The average Bonchev–Trinajstić information content (AvgIpc) is 2.14. The third-order valence-corrected chi connectivity index (χ3v) is 1.01. The van der Waals surface area contributed by atoms with Crippen molar-refractivity contribution in [1.82, 2.24) is 5.32 Å². The standard InChI is InChI=1S/C5H5N2O/c6-3-4-1-2-5(8)7-4/h2,4H,1H2,(H,7,8). The van der Waals surface area contributed by atoms with Gasteiger partial charge in [0.15, 0.2) is 0 Å². The van der Waals surface area contributed by atoms with Gasteiger partial charge in [-0.15, -0.1) is 0 Å². The first kappa shape index (κ1) is 5.10. The van der Waals surface area contributed by atoms with E-state index in [-0.39, 0.29) is 11.9 Å². The molecule has 1 fully saturated rings. The van der Waals surface area contributed by atoms with E-state index in [0.29, 0.717) is 6.42 Å². The van der Waals surface area contributed by atoms with Gasteiger partial charge >= 0.3 is 0 Å². The molecule has 1 unspecified atom stereocenters. The van der Waals surface area contributed by atoms with Gasteiger partial charge in [-0.1, -0.05) is 0 Å². The number of carbonyl (C=O) groups is 1. The van der Waals surface area contributed by atoms with Crippen LogP contribution in [0.3, 0.4) is 0 Å². The lowest BCUT2D eigenvalue weighted by atomic mass is 10.2. The zero-order valence-corrected chi connectivity index (χ0v) is 4.22. The summed E-state index contributed by atoms with van der Waals surface area (Å²) in [4.78, 5) is 10.3. The number of nitrogens with one attached hydrogen (secondary N) is 1. The summed E-state index contributed by atoms with van der Waals surface area (Å²) in [6.07, 6.45) is 2.03. The maximum atomic E-state index is 10.3. The van der Waals surface area contributed by atoms with Gasteiger partial charge in [0.25, 0.3) is 0 Å². The highest BCUT2D eigenvalue weighted by molar-refractivity contribution is 5.87. The van der Waals surface area contributed by atoms with E-state index in [2.05, 4.69) is 5.32 Å². The molecule has 0 bridgehead atoms. The number of nitriles is 1. The van der Waals surface area contributed by atoms with Crippen molar-refractivity contribution >= 4 is 5.91 Å². The topological polar surface area (TPSA) is 52.9 Å². The Labute approximate surface area is 47.3 Å². The molecule has 1 aliphatic rings. The van der Waals surface area contributed by atoms with Crippen LogP contribution in [-0.2, 0) is 4.79 Å². The lowest BCUT2D eigenvalue weighted by Gasteiger charge is -1.92. The first-order valence-corrected chi connectivity index (χ1v) is 2.36. The van der Waals surface area contributed by atoms with Gasteiger partial charge in [-0.25, -0.2) is 0 Å². The van der Waals surface area contributed by atoms with E-state index in [1.54, 1.807) is 0 Å². The summed E-state index contributed by atoms with van der Waals surface area (Å²) in [6, 6.07) is 1.66. The molecule has 0 aromatic heterocycles. The number of hydrogen-bond acceptors (Lipinski definition) is 2. The highest BCUT2D eigenvalue weighted by Gasteiger charge is 2.19. The van der Waals surface area contributed by atoms with Crippen LogP contribution in [0.5, 0.6) is 0 Å². The molecule has 0 saturated carbocycles. The number of amides is 1. The predicted molar refractivity (Wildman–Crippen MR) is 26.5 cm³/mol. The van der Waals surface area contributed by atoms with E-state index >= 15 is 0 Å². The van der Waals surface area contributed by atoms with Gasteiger partial charge in [0.05, 0.1) is 12.5 Å². The SMILES string of the molecule is N#CC1C[CH]C(=O)N1. The first-order chi connectivity index (χ1) is 3.83. The second kappa shape index (κ2) is 1.83. The molecule has 1 amide bonds. The summed E-state index contributed by atoms with van der Waals surface area (Å²) in [6.45, 7) is 0. The van der Waals surface area contributed by atoms with Crippen molar-refractivity contribution < 1.29 is 4.79 Å². The molecule has 1 aliphatic heterocycles. The molecular formula is C5H5N2O. The zero-order chi connectivity index (χ0) is 5.98. The summed E-state index contributed by atoms with van der Waals surface area (Å²) < 4.78 is 0. The van der Waals surface area contributed by atoms with Gasteiger partial charge in [0.2, 0.25) is 5.91 Å². The fourth-order valence-corrected chi connectivity index (χ4v) is 0.599. The number of nitrogens with zero attached hydrogens (tertiary/aromatic N) is 1. The predicted octanol–water partition coefficient (Wildman–Crippen LogP) is -0.397. The maximum Gasteiger partial charge on any atom is 0.225 e. The molecule has 1 radical (unpaired) electrons. The Morgan fingerprint density at radius 3 is 3.00 bits per heavy atom. The molecule has 3 nitrogen and oxygen atoms in total. The average molecular weight is 109 g/mol. The molecule has 0 spiro atoms. The monoisotopic (exact) mass is 109 g/mol. The van der Waals surface area contributed by atoms with Crippen molar-refractivity contribution in [2.75, 3.05) is 0 Å². The van der Waals surface area contributed by atoms with Crippen LogP contribution >= 0.6 is 0 Å². The van der Waals surface area contributed by atoms with Crippen LogP contribution in [0.2, 0.25) is 0 Å². The number of carbonyl (C=O) groups excluding carboxylic acids is 1. The van der Waals surface area contributed by atoms with Crippen LogP contribution in [0.25, 0.3) is 0 Å². The maximum absolute atomic E-state index is 10.3. The normalized spacial score (nSPS) is 26.9. The molecule has 1 N–H and O–H groups in total. The van der Waals surface area contributed by atoms with E-state index in [1.807, 2.05) is 6.07 Å². The Bertz CT molecular complexity index is 147. The summed E-state index contributed by atoms with van der Waals surface area (Å²) >= 11 is 0. The summed E-state index contributed by atoms with van der Waals surface area (Å²) in [5, 5.41) is 10.6. The van der Waals surface area contributed by atoms with Crippen LogP contribution in [0.15, 0.2) is 0 Å². The second-order valence-electron chi connectivity index (χ2n) is 1.63. The smallest absolute Gasteiger partial charge is 0.225 e. The fraction of sp³-hybridized carbons (Fsp3) is 0.400. The number of hydrogen-bond donors (Lipinski definition) is 1. The van der Waals surface area contributed by atoms with Gasteiger partial charge in [0.1, 0.15) is 6.04 Å². The third-order valence-electron chi connectivity index (χ3n) is 1.01. The first-order valence-electron chi connectivity index (χ1n) is 2.36. The largest absolute Gasteiger partial charge is 0.340 e. The van der Waals surface area contributed by atoms with E-state index in [0.717, 1.165) is 0 Å². The molecule has 1 atom stereocenters. The Morgan fingerprint density at radius 2 is 2.75 bits per heavy atom. The second-order valence-corrected chi connectivity index (χ2v) is 1.63. The van der Waals surface area contributed by atoms with Crippen molar-refractivity contribution in [3.05, 3.63) is 6.42 Å². The van der Waals surface area contributed by atoms with Crippen LogP contribution in [0.4, 0.5) is 0 Å². The van der Waals surface area contributed by atoms with E-state index in [1.165, 1.54) is 6.42 Å². The van der Waals surface area contributed by atoms with Gasteiger partial charge in [0, 0.05) is 0 Å². The zero-order valence-electron chi connectivity index (χ0n) is 4.22. The van der Waals surface area contributed by atoms with Gasteiger partial charge in [-0.2, -0.15) is 5.26 Å². The van der Waals surface area contributed by atoms with Gasteiger partial charge in [-0.3, -0.25) is 4.79 Å². The van der Waals surface area contributed by atoms with Crippen LogP contribution in [-0.4, -0.2) is 11.9 Å². The quantitative estimate of drug-likeness (QED) is 0.460. The molecule has 1 saturated heterocycles. The van der Waals surface area contributed by atoms with Crippen molar-refractivity contribution in [3.63, 3.8) is 0 Å². The van der Waals surface area contributed by atoms with Crippen molar-refractivity contribution in [2.45, 2.75) is 12.5 Å². The molecule has 8 heavy (non-hydrogen) atoms. The minimum Gasteiger partial charge on any atom is -0.340 e. The van der Waals surface area contributed by atoms with E-state index < -0.39 is 0 Å². The molecule has 0 aliphatic carbocycles. The van der Waals surface area contributed by atoms with Crippen LogP contribution < -0.4 is 5.32 Å². The van der Waals surface area contributed by atoms with Crippen molar-refractivity contribution in [3.8, 4) is 6.07 Å². The van der Waals surface area contributed by atoms with Gasteiger partial charge < -0.3 is 5.32 Å². The van der Waals surface area contributed by atoms with E-state index in [9.17, 15) is 4.79 Å². The van der Waals surface area contributed by atoms with Crippen LogP contribution in [0, 0.1) is 17.8 Å².